The fourth-order valence-corrected chi connectivity index (χ4v) is 4.89. The smallest absolute Gasteiger partial charge is 0.291 e. The SMILES string of the molecule is COc1cccc(C)c1NC(=O)c1ccc(Cc2cc3c(cc2C)C(C)(C)CCC3(C)C)o1. The normalized spacial score (nSPS) is 16.2. The summed E-state index contributed by atoms with van der Waals surface area (Å²) < 4.78 is 11.4. The Balaban J connectivity index is 1.58. The molecule has 0 unspecified atom stereocenters. The highest BCUT2D eigenvalue weighted by molar-refractivity contribution is 6.03. The molecule has 174 valence electrons. The molecule has 1 aromatic heterocycles. The molecule has 0 radical (unpaired) electrons. The molecule has 1 heterocycles. The number of carbonyl (C=O) groups is 1. The number of carbonyl (C=O) groups excluding carboxylic acids is 1. The quantitative estimate of drug-likeness (QED) is 0.456. The van der Waals surface area contributed by atoms with Gasteiger partial charge in [-0.3, -0.25) is 4.79 Å². The second-order valence-electron chi connectivity index (χ2n) is 10.6. The van der Waals surface area contributed by atoms with Crippen LogP contribution in [0.15, 0.2) is 46.9 Å². The van der Waals surface area contributed by atoms with Crippen molar-refractivity contribution in [3.8, 4) is 5.75 Å². The van der Waals surface area contributed by atoms with E-state index in [1.165, 1.54) is 35.1 Å². The molecule has 4 heteroatoms. The van der Waals surface area contributed by atoms with Gasteiger partial charge in [0.25, 0.3) is 5.91 Å². The lowest BCUT2D eigenvalue weighted by Crippen LogP contribution is -2.34. The van der Waals surface area contributed by atoms with Crippen LogP contribution in [0.5, 0.6) is 5.75 Å². The van der Waals surface area contributed by atoms with Gasteiger partial charge in [-0.25, -0.2) is 0 Å². The summed E-state index contributed by atoms with van der Waals surface area (Å²) in [5.74, 6) is 1.43. The number of benzene rings is 2. The predicted octanol–water partition coefficient (Wildman–Crippen LogP) is 7.10. The number of hydrogen-bond donors (Lipinski definition) is 1. The van der Waals surface area contributed by atoms with Crippen molar-refractivity contribution in [1.82, 2.24) is 0 Å². The summed E-state index contributed by atoms with van der Waals surface area (Å²) in [4.78, 5) is 12.9. The number of furan rings is 1. The van der Waals surface area contributed by atoms with Crippen LogP contribution >= 0.6 is 0 Å². The van der Waals surface area contributed by atoms with E-state index in [-0.39, 0.29) is 16.7 Å². The van der Waals surface area contributed by atoms with Crippen LogP contribution in [0.1, 0.15) is 84.7 Å². The van der Waals surface area contributed by atoms with Crippen LogP contribution in [0, 0.1) is 13.8 Å². The van der Waals surface area contributed by atoms with Crippen LogP contribution in [0.2, 0.25) is 0 Å². The minimum atomic E-state index is -0.279. The number of ether oxygens (including phenoxy) is 1. The Morgan fingerprint density at radius 2 is 1.64 bits per heavy atom. The van der Waals surface area contributed by atoms with Crippen molar-refractivity contribution in [1.29, 1.82) is 0 Å². The van der Waals surface area contributed by atoms with Crippen LogP contribution in [-0.4, -0.2) is 13.0 Å². The lowest BCUT2D eigenvalue weighted by Gasteiger charge is -2.42. The Morgan fingerprint density at radius 3 is 2.30 bits per heavy atom. The first-order valence-electron chi connectivity index (χ1n) is 11.7. The van der Waals surface area contributed by atoms with Gasteiger partial charge >= 0.3 is 0 Å². The van der Waals surface area contributed by atoms with Crippen LogP contribution in [0.3, 0.4) is 0 Å². The zero-order valence-corrected chi connectivity index (χ0v) is 20.9. The van der Waals surface area contributed by atoms with E-state index < -0.39 is 0 Å². The molecule has 0 atom stereocenters. The van der Waals surface area contributed by atoms with Gasteiger partial charge < -0.3 is 14.5 Å². The van der Waals surface area contributed by atoms with E-state index in [1.54, 1.807) is 13.2 Å². The van der Waals surface area contributed by atoms with E-state index in [0.717, 1.165) is 11.3 Å². The molecule has 0 saturated carbocycles. The van der Waals surface area contributed by atoms with Crippen molar-refractivity contribution in [2.24, 2.45) is 0 Å². The summed E-state index contributed by atoms with van der Waals surface area (Å²) in [6, 6.07) is 14.1. The predicted molar refractivity (Wildman–Crippen MR) is 134 cm³/mol. The number of methoxy groups -OCH3 is 1. The van der Waals surface area contributed by atoms with E-state index in [2.05, 4.69) is 52.1 Å². The van der Waals surface area contributed by atoms with Crippen molar-refractivity contribution in [2.45, 2.75) is 71.6 Å². The first-order valence-corrected chi connectivity index (χ1v) is 11.7. The van der Waals surface area contributed by atoms with E-state index in [0.29, 0.717) is 23.6 Å². The van der Waals surface area contributed by atoms with Gasteiger partial charge in [0, 0.05) is 6.42 Å². The minimum Gasteiger partial charge on any atom is -0.495 e. The molecule has 0 bridgehead atoms. The number of nitrogens with one attached hydrogen (secondary N) is 1. The van der Waals surface area contributed by atoms with Gasteiger partial charge in [0.1, 0.15) is 11.5 Å². The average molecular weight is 446 g/mol. The Bertz CT molecular complexity index is 1200. The monoisotopic (exact) mass is 445 g/mol. The number of rotatable bonds is 5. The Morgan fingerprint density at radius 1 is 0.970 bits per heavy atom. The third-order valence-electron chi connectivity index (χ3n) is 7.25. The Hall–Kier alpha value is -3.01. The number of aryl methyl sites for hydroxylation is 2. The summed E-state index contributed by atoms with van der Waals surface area (Å²) in [7, 11) is 1.60. The zero-order chi connectivity index (χ0) is 24.0. The second-order valence-corrected chi connectivity index (χ2v) is 10.6. The Labute approximate surface area is 197 Å². The van der Waals surface area contributed by atoms with E-state index in [9.17, 15) is 4.79 Å². The van der Waals surface area contributed by atoms with Gasteiger partial charge in [0.05, 0.1) is 12.8 Å². The summed E-state index contributed by atoms with van der Waals surface area (Å²) in [5.41, 5.74) is 7.38. The van der Waals surface area contributed by atoms with Crippen LogP contribution in [-0.2, 0) is 17.3 Å². The van der Waals surface area contributed by atoms with Crippen molar-refractivity contribution in [3.63, 3.8) is 0 Å². The third-order valence-corrected chi connectivity index (χ3v) is 7.25. The van der Waals surface area contributed by atoms with Gasteiger partial charge in [0.2, 0.25) is 0 Å². The molecular formula is C29H35NO3. The minimum absolute atomic E-state index is 0.161. The van der Waals surface area contributed by atoms with Crippen molar-refractivity contribution < 1.29 is 13.9 Å². The number of amides is 1. The third kappa shape index (κ3) is 4.44. The first kappa shape index (κ1) is 23.2. The summed E-state index contributed by atoms with van der Waals surface area (Å²) in [6.07, 6.45) is 3.05. The van der Waals surface area contributed by atoms with Crippen molar-refractivity contribution in [2.75, 3.05) is 12.4 Å². The van der Waals surface area contributed by atoms with Gasteiger partial charge in [-0.2, -0.15) is 0 Å². The molecule has 33 heavy (non-hydrogen) atoms. The fourth-order valence-electron chi connectivity index (χ4n) is 4.89. The van der Waals surface area contributed by atoms with Gasteiger partial charge in [-0.1, -0.05) is 52.0 Å². The maximum atomic E-state index is 12.9. The molecule has 1 aliphatic rings. The Kier molecular flexibility index (Phi) is 5.90. The molecule has 1 amide bonds. The molecule has 3 aromatic rings. The van der Waals surface area contributed by atoms with Gasteiger partial charge in [-0.15, -0.1) is 0 Å². The van der Waals surface area contributed by atoms with Crippen molar-refractivity contribution in [3.05, 3.63) is 81.8 Å². The average Bonchev–Trinajstić information content (AvgIpc) is 3.23. The molecule has 1 aliphatic carbocycles. The molecular weight excluding hydrogens is 410 g/mol. The lowest BCUT2D eigenvalue weighted by atomic mass is 9.62. The van der Waals surface area contributed by atoms with Crippen LogP contribution in [0.4, 0.5) is 5.69 Å². The largest absolute Gasteiger partial charge is 0.495 e. The fraction of sp³-hybridized carbons (Fsp3) is 0.414. The van der Waals surface area contributed by atoms with E-state index in [1.807, 2.05) is 31.2 Å². The van der Waals surface area contributed by atoms with Crippen LogP contribution in [0.25, 0.3) is 0 Å². The molecule has 0 saturated heterocycles. The zero-order valence-electron chi connectivity index (χ0n) is 20.9. The highest BCUT2D eigenvalue weighted by atomic mass is 16.5. The standard InChI is InChI=1S/C29H35NO3/c1-18-9-8-10-24(32-7)26(18)30-27(31)25-12-11-21(33-25)16-20-17-23-22(15-19(20)2)28(3,4)13-14-29(23,5)6/h8-12,15,17H,13-14,16H2,1-7H3,(H,30,31). The summed E-state index contributed by atoms with van der Waals surface area (Å²) in [6.45, 7) is 13.5. The second kappa shape index (κ2) is 8.40. The molecule has 0 aliphatic heterocycles. The van der Waals surface area contributed by atoms with E-state index in [4.69, 9.17) is 9.15 Å². The molecule has 4 nitrogen and oxygen atoms in total. The van der Waals surface area contributed by atoms with Crippen LogP contribution < -0.4 is 10.1 Å². The highest BCUT2D eigenvalue weighted by Crippen LogP contribution is 2.46. The molecule has 2 aromatic carbocycles. The maximum Gasteiger partial charge on any atom is 0.291 e. The topological polar surface area (TPSA) is 51.5 Å². The number of fused-ring (bicyclic) bond motifs is 1. The summed E-state index contributed by atoms with van der Waals surface area (Å²) in [5, 5.41) is 2.94. The molecule has 0 fully saturated rings. The molecule has 0 spiro atoms. The van der Waals surface area contributed by atoms with Crippen molar-refractivity contribution >= 4 is 11.6 Å². The molecule has 1 N–H and O–H groups in total. The number of para-hydroxylation sites is 1. The highest BCUT2D eigenvalue weighted by Gasteiger charge is 2.37. The summed E-state index contributed by atoms with van der Waals surface area (Å²) >= 11 is 0. The molecule has 4 rings (SSSR count). The maximum absolute atomic E-state index is 12.9. The van der Waals surface area contributed by atoms with Gasteiger partial charge in [0.15, 0.2) is 5.76 Å². The number of hydrogen-bond acceptors (Lipinski definition) is 3. The van der Waals surface area contributed by atoms with Gasteiger partial charge in [-0.05, 0) is 83.5 Å². The number of anilines is 1. The first-order chi connectivity index (χ1) is 15.5. The lowest BCUT2D eigenvalue weighted by molar-refractivity contribution is 0.0994. The van der Waals surface area contributed by atoms with E-state index >= 15 is 0 Å².